The molecule has 1 aromatic carbocycles. The Balaban J connectivity index is 2.65. The fraction of sp³-hybridized carbons (Fsp3) is 0.308. The highest BCUT2D eigenvalue weighted by Gasteiger charge is 2.12. The Kier molecular flexibility index (Phi) is 3.24. The van der Waals surface area contributed by atoms with Crippen LogP contribution in [0.5, 0.6) is 0 Å². The molecule has 0 saturated heterocycles. The van der Waals surface area contributed by atoms with Gasteiger partial charge in [-0.15, -0.1) is 0 Å². The van der Waals surface area contributed by atoms with E-state index in [-0.39, 0.29) is 11.7 Å². The maximum Gasteiger partial charge on any atom is 0.125 e. The van der Waals surface area contributed by atoms with Crippen LogP contribution in [0.15, 0.2) is 24.3 Å². The van der Waals surface area contributed by atoms with E-state index in [2.05, 4.69) is 24.3 Å². The Labute approximate surface area is 99.8 Å². The predicted octanol–water partition coefficient (Wildman–Crippen LogP) is 3.17. The van der Waals surface area contributed by atoms with Crippen molar-refractivity contribution in [1.29, 1.82) is 0 Å². The van der Waals surface area contributed by atoms with Crippen molar-refractivity contribution >= 4 is 16.6 Å². The van der Waals surface area contributed by atoms with Crippen molar-refractivity contribution in [3.63, 3.8) is 0 Å². The molecule has 90 valence electrons. The second-order valence-corrected chi connectivity index (χ2v) is 4.21. The molecule has 1 unspecified atom stereocenters. The van der Waals surface area contributed by atoms with Gasteiger partial charge in [-0.2, -0.15) is 0 Å². The number of aromatic nitrogens is 1. The first kappa shape index (κ1) is 11.8. The highest BCUT2D eigenvalue weighted by Crippen LogP contribution is 2.28. The van der Waals surface area contributed by atoms with Gasteiger partial charge in [0, 0.05) is 17.4 Å². The number of hydrogen-bond donors (Lipinski definition) is 2. The summed E-state index contributed by atoms with van der Waals surface area (Å²) < 4.78 is 13.2. The Hall–Kier alpha value is -1.68. The normalized spacial score (nSPS) is 12.7. The molecule has 0 bridgehead atoms. The molecule has 0 aliphatic heterocycles. The summed E-state index contributed by atoms with van der Waals surface area (Å²) in [5.41, 5.74) is 5.01. The summed E-state index contributed by atoms with van der Waals surface area (Å²) in [4.78, 5) is 4.50. The molecule has 0 aliphatic rings. The number of nitrogens with two attached hydrogens (primary N) is 1. The van der Waals surface area contributed by atoms with Crippen molar-refractivity contribution < 1.29 is 4.39 Å². The Morgan fingerprint density at radius 2 is 2.18 bits per heavy atom. The third kappa shape index (κ3) is 2.22. The van der Waals surface area contributed by atoms with Gasteiger partial charge in [-0.1, -0.05) is 13.8 Å². The largest absolute Gasteiger partial charge is 0.322 e. The van der Waals surface area contributed by atoms with Gasteiger partial charge < -0.3 is 5.43 Å². The Bertz CT molecular complexity index is 539. The number of pyridine rings is 1. The highest BCUT2D eigenvalue weighted by atomic mass is 19.1. The molecule has 0 fully saturated rings. The van der Waals surface area contributed by atoms with E-state index in [1.54, 1.807) is 6.07 Å². The highest BCUT2D eigenvalue weighted by molar-refractivity contribution is 5.82. The third-order valence-electron chi connectivity index (χ3n) is 3.04. The van der Waals surface area contributed by atoms with Crippen LogP contribution >= 0.6 is 0 Å². The molecule has 1 heterocycles. The summed E-state index contributed by atoms with van der Waals surface area (Å²) in [6.07, 6.45) is 0.961. The van der Waals surface area contributed by atoms with Crippen LogP contribution in [0.3, 0.4) is 0 Å². The van der Waals surface area contributed by atoms with Gasteiger partial charge in [0.05, 0.1) is 16.9 Å². The number of halogens is 1. The fourth-order valence-electron chi connectivity index (χ4n) is 1.84. The summed E-state index contributed by atoms with van der Waals surface area (Å²) >= 11 is 0. The summed E-state index contributed by atoms with van der Waals surface area (Å²) in [5.74, 6) is 5.52. The van der Waals surface area contributed by atoms with Gasteiger partial charge in [-0.05, 0) is 24.6 Å². The first-order valence-corrected chi connectivity index (χ1v) is 5.72. The first-order valence-electron chi connectivity index (χ1n) is 5.72. The zero-order valence-corrected chi connectivity index (χ0v) is 10.00. The molecule has 1 aromatic heterocycles. The molecular weight excluding hydrogens is 217 g/mol. The molecule has 4 heteroatoms. The van der Waals surface area contributed by atoms with Crippen LogP contribution in [0, 0.1) is 5.82 Å². The van der Waals surface area contributed by atoms with Gasteiger partial charge in [0.15, 0.2) is 0 Å². The lowest BCUT2D eigenvalue weighted by Gasteiger charge is -2.14. The molecule has 2 rings (SSSR count). The molecule has 0 aliphatic carbocycles. The van der Waals surface area contributed by atoms with E-state index in [1.165, 1.54) is 12.1 Å². The average molecular weight is 233 g/mol. The lowest BCUT2D eigenvalue weighted by molar-refractivity contribution is 0.629. The monoisotopic (exact) mass is 233 g/mol. The Morgan fingerprint density at radius 1 is 1.41 bits per heavy atom. The smallest absolute Gasteiger partial charge is 0.125 e. The molecule has 2 aromatic rings. The van der Waals surface area contributed by atoms with Crippen molar-refractivity contribution in [1.82, 2.24) is 4.98 Å². The predicted molar refractivity (Wildman–Crippen MR) is 68.2 cm³/mol. The number of fused-ring (bicyclic) bond motifs is 1. The molecular formula is C13H16FN3. The number of nitrogen functional groups attached to an aromatic ring is 1. The summed E-state index contributed by atoms with van der Waals surface area (Å²) in [6.45, 7) is 4.16. The standard InChI is InChI=1S/C13H16FN3/c1-3-8(2)13-12(17-15)6-9-4-5-10(14)7-11(9)16-13/h4-8,17H,3,15H2,1-2H3. The summed E-state index contributed by atoms with van der Waals surface area (Å²) in [7, 11) is 0. The van der Waals surface area contributed by atoms with Gasteiger partial charge >= 0.3 is 0 Å². The molecule has 1 atom stereocenters. The number of benzene rings is 1. The van der Waals surface area contributed by atoms with E-state index in [0.717, 1.165) is 23.2 Å². The van der Waals surface area contributed by atoms with E-state index >= 15 is 0 Å². The lowest BCUT2D eigenvalue weighted by atomic mass is 10.0. The van der Waals surface area contributed by atoms with E-state index in [9.17, 15) is 4.39 Å². The topological polar surface area (TPSA) is 50.9 Å². The molecule has 0 amide bonds. The number of hydrazine groups is 1. The van der Waals surface area contributed by atoms with Crippen molar-refractivity contribution in [3.8, 4) is 0 Å². The summed E-state index contributed by atoms with van der Waals surface area (Å²) in [5, 5.41) is 0.881. The van der Waals surface area contributed by atoms with Gasteiger partial charge in [0.2, 0.25) is 0 Å². The van der Waals surface area contributed by atoms with E-state index in [0.29, 0.717) is 5.52 Å². The quantitative estimate of drug-likeness (QED) is 0.632. The van der Waals surface area contributed by atoms with Crippen LogP contribution in [0.2, 0.25) is 0 Å². The molecule has 0 saturated carbocycles. The zero-order valence-electron chi connectivity index (χ0n) is 10.00. The number of nitrogens with one attached hydrogen (secondary N) is 1. The average Bonchev–Trinajstić information content (AvgIpc) is 2.36. The first-order chi connectivity index (χ1) is 8.15. The van der Waals surface area contributed by atoms with E-state index in [4.69, 9.17) is 5.84 Å². The number of nitrogens with zero attached hydrogens (tertiary/aromatic N) is 1. The van der Waals surface area contributed by atoms with Crippen LogP contribution in [-0.4, -0.2) is 4.98 Å². The van der Waals surface area contributed by atoms with Crippen molar-refractivity contribution in [3.05, 3.63) is 35.8 Å². The third-order valence-corrected chi connectivity index (χ3v) is 3.04. The van der Waals surface area contributed by atoms with Crippen molar-refractivity contribution in [2.24, 2.45) is 5.84 Å². The maximum absolute atomic E-state index is 13.2. The molecule has 3 nitrogen and oxygen atoms in total. The number of anilines is 1. The van der Waals surface area contributed by atoms with Crippen LogP contribution < -0.4 is 11.3 Å². The molecule has 17 heavy (non-hydrogen) atoms. The van der Waals surface area contributed by atoms with Gasteiger partial charge in [-0.3, -0.25) is 10.8 Å². The minimum Gasteiger partial charge on any atom is -0.322 e. The van der Waals surface area contributed by atoms with Gasteiger partial charge in [0.1, 0.15) is 5.82 Å². The van der Waals surface area contributed by atoms with Crippen LogP contribution in [-0.2, 0) is 0 Å². The second-order valence-electron chi connectivity index (χ2n) is 4.21. The fourth-order valence-corrected chi connectivity index (χ4v) is 1.84. The van der Waals surface area contributed by atoms with Crippen LogP contribution in [0.25, 0.3) is 10.9 Å². The van der Waals surface area contributed by atoms with Crippen LogP contribution in [0.4, 0.5) is 10.1 Å². The second kappa shape index (κ2) is 4.67. The minimum absolute atomic E-state index is 0.270. The minimum atomic E-state index is -0.270. The van der Waals surface area contributed by atoms with E-state index < -0.39 is 0 Å². The van der Waals surface area contributed by atoms with Crippen molar-refractivity contribution in [2.45, 2.75) is 26.2 Å². The van der Waals surface area contributed by atoms with Crippen molar-refractivity contribution in [2.75, 3.05) is 5.43 Å². The maximum atomic E-state index is 13.2. The number of rotatable bonds is 3. The lowest BCUT2D eigenvalue weighted by Crippen LogP contribution is -2.12. The zero-order chi connectivity index (χ0) is 12.4. The SMILES string of the molecule is CCC(C)c1nc2cc(F)ccc2cc1NN. The van der Waals surface area contributed by atoms with E-state index in [1.807, 2.05) is 6.07 Å². The van der Waals surface area contributed by atoms with Crippen LogP contribution in [0.1, 0.15) is 31.9 Å². The summed E-state index contributed by atoms with van der Waals surface area (Å²) in [6, 6.07) is 6.48. The molecule has 0 radical (unpaired) electrons. The van der Waals surface area contributed by atoms with Gasteiger partial charge in [0.25, 0.3) is 0 Å². The van der Waals surface area contributed by atoms with Gasteiger partial charge in [-0.25, -0.2) is 4.39 Å². The Morgan fingerprint density at radius 3 is 2.82 bits per heavy atom. The molecule has 3 N–H and O–H groups in total. The number of hydrogen-bond acceptors (Lipinski definition) is 3. The molecule has 0 spiro atoms.